The summed E-state index contributed by atoms with van der Waals surface area (Å²) in [6.07, 6.45) is 2.16. The third-order valence-electron chi connectivity index (χ3n) is 6.74. The molecule has 2 aromatic rings. The lowest BCUT2D eigenvalue weighted by Gasteiger charge is -2.25. The van der Waals surface area contributed by atoms with Crippen molar-refractivity contribution in [3.05, 3.63) is 52.6 Å². The van der Waals surface area contributed by atoms with Crippen molar-refractivity contribution < 1.29 is 24.1 Å². The number of aliphatic hydroxyl groups excluding tert-OH is 1. The topological polar surface area (TPSA) is 93.8 Å². The van der Waals surface area contributed by atoms with E-state index in [1.54, 1.807) is 15.7 Å². The lowest BCUT2D eigenvalue weighted by atomic mass is 9.93. The molecule has 4 heterocycles. The van der Waals surface area contributed by atoms with Crippen molar-refractivity contribution >= 4 is 58.0 Å². The molecule has 3 aliphatic rings. The Morgan fingerprint density at radius 2 is 2.00 bits per heavy atom. The van der Waals surface area contributed by atoms with Crippen LogP contribution in [0.4, 0.5) is 4.79 Å². The van der Waals surface area contributed by atoms with Crippen molar-refractivity contribution in [2.75, 3.05) is 26.7 Å². The number of carbonyl (C=O) groups excluding carboxylic acids is 3. The van der Waals surface area contributed by atoms with Gasteiger partial charge in [-0.1, -0.05) is 43.8 Å². The minimum atomic E-state index is -0.810. The van der Waals surface area contributed by atoms with E-state index in [1.807, 2.05) is 44.2 Å². The van der Waals surface area contributed by atoms with Gasteiger partial charge in [0.15, 0.2) is 11.0 Å². The van der Waals surface area contributed by atoms with Crippen LogP contribution in [0, 0.1) is 11.8 Å². The van der Waals surface area contributed by atoms with Gasteiger partial charge in [0.2, 0.25) is 0 Å². The fourth-order valence-electron chi connectivity index (χ4n) is 5.01. The summed E-state index contributed by atoms with van der Waals surface area (Å²) in [5, 5.41) is 11.7. The molecule has 1 unspecified atom stereocenters. The molecule has 8 nitrogen and oxygen atoms in total. The number of thioether (sulfide) groups is 1. The highest BCUT2D eigenvalue weighted by atomic mass is 35.5. The SMILES string of the molecule is CC(C)C[N+]1=C2SC(Cc3ccnc4ccccc34)=C(C(=O)N3CC[C@@H](O)C3)C2C(=O)N(C)C1=O.Cl. The molecular formula is C26H30ClN4O4S+. The number of hydrogen-bond acceptors (Lipinski definition) is 6. The predicted octanol–water partition coefficient (Wildman–Crippen LogP) is 3.07. The number of β-amino-alcohol motifs (C(OH)–C–C–N with tert-alkyl or cyclic N) is 1. The highest BCUT2D eigenvalue weighted by Crippen LogP contribution is 2.44. The number of fused-ring (bicyclic) bond motifs is 2. The molecule has 1 N–H and O–H groups in total. The normalized spacial score (nSPS) is 22.1. The van der Waals surface area contributed by atoms with Crippen LogP contribution in [-0.4, -0.2) is 80.1 Å². The molecule has 190 valence electrons. The summed E-state index contributed by atoms with van der Waals surface area (Å²) in [4.78, 5) is 48.3. The third kappa shape index (κ3) is 4.55. The number of rotatable bonds is 5. The maximum absolute atomic E-state index is 13.8. The summed E-state index contributed by atoms with van der Waals surface area (Å²) in [6, 6.07) is 9.42. The lowest BCUT2D eigenvalue weighted by Crippen LogP contribution is -2.53. The van der Waals surface area contributed by atoms with E-state index >= 15 is 0 Å². The fraction of sp³-hybridized carbons (Fsp3) is 0.423. The number of aromatic nitrogens is 1. The number of benzene rings is 1. The van der Waals surface area contributed by atoms with Gasteiger partial charge in [0.25, 0.3) is 5.91 Å². The smallest absolute Gasteiger partial charge is 0.391 e. The first-order valence-corrected chi connectivity index (χ1v) is 12.7. The monoisotopic (exact) mass is 529 g/mol. The van der Waals surface area contributed by atoms with Gasteiger partial charge in [-0.25, -0.2) is 4.79 Å². The summed E-state index contributed by atoms with van der Waals surface area (Å²) in [5.74, 6) is -1.23. The van der Waals surface area contributed by atoms with Crippen LogP contribution >= 0.6 is 24.2 Å². The Hall–Kier alpha value is -2.75. The second-order valence-electron chi connectivity index (χ2n) is 9.75. The zero-order chi connectivity index (χ0) is 24.9. The van der Waals surface area contributed by atoms with Gasteiger partial charge in [0, 0.05) is 36.0 Å². The Kier molecular flexibility index (Phi) is 7.54. The number of nitrogens with zero attached hydrogens (tertiary/aromatic N) is 4. The Labute approximate surface area is 220 Å². The van der Waals surface area contributed by atoms with Crippen LogP contribution < -0.4 is 0 Å². The Balaban J connectivity index is 0.00000304. The average Bonchev–Trinajstić information content (AvgIpc) is 3.44. The highest BCUT2D eigenvalue weighted by Gasteiger charge is 2.54. The zero-order valence-electron chi connectivity index (χ0n) is 20.5. The quantitative estimate of drug-likeness (QED) is 0.598. The summed E-state index contributed by atoms with van der Waals surface area (Å²) in [7, 11) is 1.48. The van der Waals surface area contributed by atoms with Crippen molar-refractivity contribution in [1.82, 2.24) is 14.8 Å². The second kappa shape index (κ2) is 10.3. The maximum atomic E-state index is 13.8. The number of halogens is 1. The first kappa shape index (κ1) is 26.3. The molecule has 1 aromatic carbocycles. The van der Waals surface area contributed by atoms with Gasteiger partial charge < -0.3 is 10.0 Å². The Bertz CT molecular complexity index is 1300. The molecule has 0 spiro atoms. The van der Waals surface area contributed by atoms with Gasteiger partial charge in [-0.15, -0.1) is 12.4 Å². The number of pyridine rings is 1. The standard InChI is InChI=1S/C26H29N4O4S.ClH/c1-15(2)13-30-25-22(23(32)28(3)26(30)34)21(24(33)29-11-9-17(31)14-29)20(35-25)12-16-8-10-27-19-7-5-4-6-18(16)19;/h4-8,10,15,17,22,31H,9,11-14H2,1-3H3;1H/q+1;/t17-,22?;/m1./s1. The van der Waals surface area contributed by atoms with Gasteiger partial charge in [-0.05, 0) is 30.0 Å². The second-order valence-corrected chi connectivity index (χ2v) is 10.9. The highest BCUT2D eigenvalue weighted by molar-refractivity contribution is 8.17. The van der Waals surface area contributed by atoms with Gasteiger partial charge in [-0.3, -0.25) is 9.78 Å². The Morgan fingerprint density at radius 1 is 1.25 bits per heavy atom. The number of imide groups is 1. The van der Waals surface area contributed by atoms with E-state index in [2.05, 4.69) is 4.98 Å². The first-order chi connectivity index (χ1) is 16.8. The van der Waals surface area contributed by atoms with E-state index in [9.17, 15) is 19.5 Å². The number of allylic oxidation sites excluding steroid dienone is 1. The molecule has 4 amide bonds. The molecule has 0 saturated carbocycles. The van der Waals surface area contributed by atoms with Crippen LogP contribution in [0.3, 0.4) is 0 Å². The molecule has 5 rings (SSSR count). The molecular weight excluding hydrogens is 500 g/mol. The van der Waals surface area contributed by atoms with Crippen LogP contribution in [0.15, 0.2) is 47.0 Å². The van der Waals surface area contributed by atoms with E-state index in [0.29, 0.717) is 36.5 Å². The fourth-order valence-corrected chi connectivity index (χ4v) is 6.41. The summed E-state index contributed by atoms with van der Waals surface area (Å²) in [6.45, 7) is 5.20. The van der Waals surface area contributed by atoms with E-state index in [1.165, 1.54) is 18.8 Å². The van der Waals surface area contributed by atoms with Crippen molar-refractivity contribution in [2.45, 2.75) is 32.8 Å². The molecule has 2 atom stereocenters. The molecule has 0 radical (unpaired) electrons. The molecule has 36 heavy (non-hydrogen) atoms. The summed E-state index contributed by atoms with van der Waals surface area (Å²) >= 11 is 1.38. The van der Waals surface area contributed by atoms with Crippen LogP contribution in [-0.2, 0) is 16.0 Å². The van der Waals surface area contributed by atoms with Crippen LogP contribution in [0.25, 0.3) is 10.9 Å². The lowest BCUT2D eigenvalue weighted by molar-refractivity contribution is -0.444. The van der Waals surface area contributed by atoms with Gasteiger partial charge in [-0.2, -0.15) is 14.3 Å². The van der Waals surface area contributed by atoms with Gasteiger partial charge >= 0.3 is 11.9 Å². The van der Waals surface area contributed by atoms with Crippen LogP contribution in [0.5, 0.6) is 0 Å². The van der Waals surface area contributed by atoms with E-state index in [4.69, 9.17) is 0 Å². The molecule has 0 bridgehead atoms. The summed E-state index contributed by atoms with van der Waals surface area (Å²) < 4.78 is 1.66. The number of urea groups is 1. The molecule has 3 aliphatic heterocycles. The third-order valence-corrected chi connectivity index (χ3v) is 8.02. The summed E-state index contributed by atoms with van der Waals surface area (Å²) in [5.41, 5.74) is 2.30. The number of para-hydroxylation sites is 1. The van der Waals surface area contributed by atoms with E-state index < -0.39 is 12.0 Å². The van der Waals surface area contributed by atoms with Crippen molar-refractivity contribution in [1.29, 1.82) is 0 Å². The van der Waals surface area contributed by atoms with Crippen LogP contribution in [0.1, 0.15) is 25.8 Å². The number of carbonyl (C=O) groups is 3. The zero-order valence-corrected chi connectivity index (χ0v) is 22.1. The minimum Gasteiger partial charge on any atom is -0.391 e. The van der Waals surface area contributed by atoms with E-state index in [0.717, 1.165) is 26.3 Å². The Morgan fingerprint density at radius 3 is 2.69 bits per heavy atom. The maximum Gasteiger partial charge on any atom is 0.501 e. The molecule has 10 heteroatoms. The number of aliphatic hydroxyl groups is 1. The predicted molar refractivity (Wildman–Crippen MR) is 141 cm³/mol. The number of likely N-dealkylation sites (tertiary alicyclic amines) is 1. The van der Waals surface area contributed by atoms with Crippen molar-refractivity contribution in [2.24, 2.45) is 11.8 Å². The molecule has 0 aliphatic carbocycles. The first-order valence-electron chi connectivity index (χ1n) is 11.9. The number of amides is 4. The molecule has 1 fully saturated rings. The van der Waals surface area contributed by atoms with Crippen LogP contribution in [0.2, 0.25) is 0 Å². The number of hydrogen-bond donors (Lipinski definition) is 1. The molecule has 1 aromatic heterocycles. The average molecular weight is 530 g/mol. The van der Waals surface area contributed by atoms with Crippen molar-refractivity contribution in [3.8, 4) is 0 Å². The minimum absolute atomic E-state index is 0. The van der Waals surface area contributed by atoms with E-state index in [-0.39, 0.29) is 42.7 Å². The van der Waals surface area contributed by atoms with Gasteiger partial charge in [0.1, 0.15) is 0 Å². The molecule has 1 saturated heterocycles. The largest absolute Gasteiger partial charge is 0.501 e. The van der Waals surface area contributed by atoms with Gasteiger partial charge in [0.05, 0.1) is 30.8 Å². The van der Waals surface area contributed by atoms with Crippen molar-refractivity contribution in [3.63, 3.8) is 0 Å².